The molecule has 0 saturated carbocycles. The van der Waals surface area contributed by atoms with E-state index in [2.05, 4.69) is 15.6 Å². The smallest absolute Gasteiger partial charge is 0.328 e. The molecule has 1 aliphatic heterocycles. The average Bonchev–Trinajstić information content (AvgIpc) is 3.22. The monoisotopic (exact) mass is 487 g/mol. The number of rotatable bonds is 13. The van der Waals surface area contributed by atoms with Crippen molar-refractivity contribution in [1.29, 1.82) is 0 Å². The Labute approximate surface area is 195 Å². The summed E-state index contributed by atoms with van der Waals surface area (Å²) < 4.78 is 0. The van der Waals surface area contributed by atoms with Crippen LogP contribution in [-0.2, 0) is 24.0 Å². The number of hydrogen-bond acceptors (Lipinski definition) is 8. The van der Waals surface area contributed by atoms with Crippen molar-refractivity contribution >= 4 is 35.6 Å². The van der Waals surface area contributed by atoms with Crippen LogP contribution in [0.25, 0.3) is 0 Å². The Morgan fingerprint density at radius 1 is 1.15 bits per heavy atom. The summed E-state index contributed by atoms with van der Waals surface area (Å²) in [6, 6.07) is -5.13. The van der Waals surface area contributed by atoms with Crippen molar-refractivity contribution in [1.82, 2.24) is 15.5 Å². The second kappa shape index (κ2) is 13.3. The fraction of sp³-hybridized carbons (Fsp3) is 0.684. The van der Waals surface area contributed by atoms with Gasteiger partial charge in [-0.1, -0.05) is 0 Å². The number of amides is 3. The molecule has 11 N–H and O–H groups in total. The molecule has 192 valence electrons. The van der Waals surface area contributed by atoms with Gasteiger partial charge in [0, 0.05) is 13.1 Å². The van der Waals surface area contributed by atoms with Crippen LogP contribution in [0, 0.1) is 0 Å². The summed E-state index contributed by atoms with van der Waals surface area (Å²) in [5.74, 6) is -5.13. The number of carbonyl (C=O) groups excluding carboxylic acids is 3. The third-order valence-corrected chi connectivity index (χ3v) is 5.17. The van der Waals surface area contributed by atoms with Crippen molar-refractivity contribution in [2.45, 2.75) is 69.3 Å². The lowest BCUT2D eigenvalue weighted by molar-refractivity contribution is -0.145. The molecule has 0 aromatic carbocycles. The number of carbonyl (C=O) groups is 5. The van der Waals surface area contributed by atoms with E-state index in [-0.39, 0.29) is 38.3 Å². The number of carboxylic acids is 2. The van der Waals surface area contributed by atoms with E-state index in [9.17, 15) is 34.2 Å². The van der Waals surface area contributed by atoms with Gasteiger partial charge in [0.2, 0.25) is 17.7 Å². The number of aliphatic carboxylic acids is 2. The molecule has 1 saturated heterocycles. The number of carboxylic acid groups (broad SMARTS) is 2. The quantitative estimate of drug-likeness (QED) is 0.0710. The molecule has 1 aliphatic rings. The van der Waals surface area contributed by atoms with E-state index in [1.165, 1.54) is 11.8 Å². The summed E-state index contributed by atoms with van der Waals surface area (Å²) in [6.07, 6.45) is -0.994. The predicted octanol–water partition coefficient (Wildman–Crippen LogP) is -3.73. The first kappa shape index (κ1) is 28.6. The lowest BCUT2D eigenvalue weighted by atomic mass is 10.1. The third kappa shape index (κ3) is 8.82. The summed E-state index contributed by atoms with van der Waals surface area (Å²) in [4.78, 5) is 65.3. The molecule has 15 heteroatoms. The van der Waals surface area contributed by atoms with Crippen molar-refractivity contribution in [2.75, 3.05) is 13.1 Å². The van der Waals surface area contributed by atoms with Gasteiger partial charge in [0.15, 0.2) is 12.0 Å². The largest absolute Gasteiger partial charge is 0.481 e. The van der Waals surface area contributed by atoms with E-state index in [0.717, 1.165) is 0 Å². The SMILES string of the molecule is CC(O)C(NC(=O)C(CCCN=C(N)N)NC(=O)C1CCCN1C(=O)C(N)CC(=O)O)C(=O)O. The van der Waals surface area contributed by atoms with Crippen LogP contribution < -0.4 is 27.8 Å². The summed E-state index contributed by atoms with van der Waals surface area (Å²) in [7, 11) is 0. The topological polar surface area (TPSA) is 264 Å². The Balaban J connectivity index is 2.96. The van der Waals surface area contributed by atoms with Crippen LogP contribution in [0.5, 0.6) is 0 Å². The van der Waals surface area contributed by atoms with E-state index in [4.69, 9.17) is 22.3 Å². The van der Waals surface area contributed by atoms with Gasteiger partial charge in [-0.2, -0.15) is 0 Å². The fourth-order valence-corrected chi connectivity index (χ4v) is 3.47. The van der Waals surface area contributed by atoms with Gasteiger partial charge >= 0.3 is 11.9 Å². The average molecular weight is 488 g/mol. The van der Waals surface area contributed by atoms with Crippen LogP contribution in [0.1, 0.15) is 39.0 Å². The molecule has 0 aliphatic carbocycles. The minimum Gasteiger partial charge on any atom is -0.481 e. The molecule has 0 aromatic heterocycles. The molecule has 0 spiro atoms. The van der Waals surface area contributed by atoms with E-state index >= 15 is 0 Å². The van der Waals surface area contributed by atoms with E-state index in [1.807, 2.05) is 0 Å². The fourth-order valence-electron chi connectivity index (χ4n) is 3.47. The van der Waals surface area contributed by atoms with Crippen LogP contribution in [0.15, 0.2) is 4.99 Å². The normalized spacial score (nSPS) is 18.8. The molecule has 0 bridgehead atoms. The Bertz CT molecular complexity index is 800. The number of likely N-dealkylation sites (tertiary alicyclic amines) is 1. The van der Waals surface area contributed by atoms with E-state index in [0.29, 0.717) is 6.42 Å². The molecule has 5 unspecified atom stereocenters. The van der Waals surface area contributed by atoms with Crippen LogP contribution >= 0.6 is 0 Å². The van der Waals surface area contributed by atoms with E-state index < -0.39 is 66.4 Å². The lowest BCUT2D eigenvalue weighted by Crippen LogP contribution is -2.58. The van der Waals surface area contributed by atoms with Crippen LogP contribution in [0.4, 0.5) is 0 Å². The maximum absolute atomic E-state index is 12.9. The number of aliphatic hydroxyl groups is 1. The number of nitrogens with zero attached hydrogens (tertiary/aromatic N) is 2. The molecule has 5 atom stereocenters. The van der Waals surface area contributed by atoms with Crippen LogP contribution in [-0.4, -0.2) is 99.2 Å². The second-order valence-electron chi connectivity index (χ2n) is 7.97. The van der Waals surface area contributed by atoms with Gasteiger partial charge in [0.1, 0.15) is 12.1 Å². The van der Waals surface area contributed by atoms with Crippen molar-refractivity contribution in [3.8, 4) is 0 Å². The van der Waals surface area contributed by atoms with Gasteiger partial charge in [-0.25, -0.2) is 4.79 Å². The van der Waals surface area contributed by atoms with Gasteiger partial charge in [-0.3, -0.25) is 24.2 Å². The summed E-state index contributed by atoms with van der Waals surface area (Å²) in [5, 5.41) is 32.4. The Kier molecular flexibility index (Phi) is 11.2. The van der Waals surface area contributed by atoms with Gasteiger partial charge in [-0.05, 0) is 32.6 Å². The first-order chi connectivity index (χ1) is 15.8. The number of aliphatic imine (C=N–C) groups is 1. The zero-order valence-corrected chi connectivity index (χ0v) is 18.8. The second-order valence-corrected chi connectivity index (χ2v) is 7.97. The number of aliphatic hydroxyl groups excluding tert-OH is 1. The standard InChI is InChI=1S/C19H33N7O8/c1-9(27)14(18(33)34)25-15(30)11(4-2-6-23-19(21)22)24-16(31)12-5-3-7-26(12)17(32)10(20)8-13(28)29/h9-12,14,27H,2-8,20H2,1H3,(H,24,31)(H,25,30)(H,28,29)(H,33,34)(H4,21,22,23). The minimum atomic E-state index is -1.61. The molecule has 0 aromatic rings. The third-order valence-electron chi connectivity index (χ3n) is 5.17. The number of hydrogen-bond donors (Lipinski definition) is 8. The maximum Gasteiger partial charge on any atom is 0.328 e. The zero-order valence-electron chi connectivity index (χ0n) is 18.8. The number of nitrogens with one attached hydrogen (secondary N) is 2. The van der Waals surface area contributed by atoms with E-state index in [1.54, 1.807) is 0 Å². The maximum atomic E-state index is 12.9. The molecule has 0 radical (unpaired) electrons. The molecular weight excluding hydrogens is 454 g/mol. The number of guanidine groups is 1. The predicted molar refractivity (Wildman–Crippen MR) is 118 cm³/mol. The van der Waals surface area contributed by atoms with Gasteiger partial charge in [0.25, 0.3) is 0 Å². The molecule has 1 heterocycles. The van der Waals surface area contributed by atoms with Gasteiger partial charge < -0.3 is 48.1 Å². The van der Waals surface area contributed by atoms with Crippen LogP contribution in [0.3, 0.4) is 0 Å². The molecule has 15 nitrogen and oxygen atoms in total. The summed E-state index contributed by atoms with van der Waals surface area (Å²) in [6.45, 7) is 1.52. The summed E-state index contributed by atoms with van der Waals surface area (Å²) >= 11 is 0. The van der Waals surface area contributed by atoms with Crippen LogP contribution in [0.2, 0.25) is 0 Å². The van der Waals surface area contributed by atoms with Crippen molar-refractivity contribution in [3.63, 3.8) is 0 Å². The molecule has 1 fully saturated rings. The highest BCUT2D eigenvalue weighted by Gasteiger charge is 2.38. The highest BCUT2D eigenvalue weighted by Crippen LogP contribution is 2.19. The number of nitrogens with two attached hydrogens (primary N) is 3. The Hall–Kier alpha value is -3.46. The first-order valence-electron chi connectivity index (χ1n) is 10.7. The molecule has 34 heavy (non-hydrogen) atoms. The van der Waals surface area contributed by atoms with Crippen molar-refractivity contribution < 1.29 is 39.3 Å². The lowest BCUT2D eigenvalue weighted by Gasteiger charge is -2.28. The summed E-state index contributed by atoms with van der Waals surface area (Å²) in [5.41, 5.74) is 16.2. The molecular formula is C19H33N7O8. The zero-order chi connectivity index (χ0) is 26.0. The minimum absolute atomic E-state index is 0.0275. The molecule has 3 amide bonds. The highest BCUT2D eigenvalue weighted by molar-refractivity contribution is 5.95. The highest BCUT2D eigenvalue weighted by atomic mass is 16.4. The van der Waals surface area contributed by atoms with Gasteiger partial charge in [-0.15, -0.1) is 0 Å². The first-order valence-corrected chi connectivity index (χ1v) is 10.7. The molecule has 1 rings (SSSR count). The Morgan fingerprint density at radius 2 is 1.79 bits per heavy atom. The van der Waals surface area contributed by atoms with Crippen molar-refractivity contribution in [3.05, 3.63) is 0 Å². The van der Waals surface area contributed by atoms with Crippen molar-refractivity contribution in [2.24, 2.45) is 22.2 Å². The van der Waals surface area contributed by atoms with Gasteiger partial charge in [0.05, 0.1) is 18.6 Å². The Morgan fingerprint density at radius 3 is 2.32 bits per heavy atom.